The summed E-state index contributed by atoms with van der Waals surface area (Å²) in [7, 11) is -4.51. The molecule has 0 fully saturated rings. The third-order valence-electron chi connectivity index (χ3n) is 12.9. The molecule has 0 saturated heterocycles. The van der Waals surface area contributed by atoms with Crippen molar-refractivity contribution >= 4 is 33.7 Å². The van der Waals surface area contributed by atoms with Crippen molar-refractivity contribution in [1.82, 2.24) is 0 Å². The molecule has 9 aromatic carbocycles. The number of ketones is 2. The van der Waals surface area contributed by atoms with Crippen molar-refractivity contribution in [3.8, 4) is 44.9 Å². The molecule has 0 unspecified atom stereocenters. The lowest BCUT2D eigenvalue weighted by atomic mass is 9.67. The van der Waals surface area contributed by atoms with E-state index < -0.39 is 15.5 Å². The highest BCUT2D eigenvalue weighted by Gasteiger charge is 2.45. The Morgan fingerprint density at radius 3 is 1.59 bits per heavy atom. The monoisotopic (exact) mass is 958 g/mol. The van der Waals surface area contributed by atoms with Crippen LogP contribution in [-0.2, 0) is 24.9 Å². The summed E-state index contributed by atoms with van der Waals surface area (Å²) < 4.78 is 43.9. The SMILES string of the molecule is Cc1ccc(C2(c3ccc(Oc4ccc(C(=O)c5ccc(-c6ccc(C)c(C(=O)c7ccc(-c8ccc(S(=O)(=O)O)cc8SOOO)cc7)c6)cc5)cc4)cc3)c3ccccc3-c3ccccc32)cc1. The van der Waals surface area contributed by atoms with Crippen molar-refractivity contribution in [3.63, 3.8) is 0 Å². The van der Waals surface area contributed by atoms with Crippen LogP contribution in [0, 0.1) is 13.8 Å². The maximum Gasteiger partial charge on any atom is 0.294 e. The smallest absolute Gasteiger partial charge is 0.294 e. The Kier molecular flexibility index (Phi) is 12.5. The van der Waals surface area contributed by atoms with Crippen LogP contribution < -0.4 is 4.74 Å². The minimum atomic E-state index is -4.51. The van der Waals surface area contributed by atoms with E-state index in [1.807, 2.05) is 49.4 Å². The van der Waals surface area contributed by atoms with Gasteiger partial charge in [-0.25, -0.2) is 5.26 Å². The minimum absolute atomic E-state index is 0.140. The van der Waals surface area contributed by atoms with E-state index in [9.17, 15) is 22.6 Å². The van der Waals surface area contributed by atoms with Gasteiger partial charge < -0.3 is 4.74 Å². The highest BCUT2D eigenvalue weighted by molar-refractivity contribution is 7.94. The van der Waals surface area contributed by atoms with Crippen LogP contribution in [0.3, 0.4) is 0 Å². The van der Waals surface area contributed by atoms with Gasteiger partial charge in [0.15, 0.2) is 11.6 Å². The predicted molar refractivity (Wildman–Crippen MR) is 271 cm³/mol. The molecule has 0 atom stereocenters. The van der Waals surface area contributed by atoms with Crippen LogP contribution in [0.25, 0.3) is 33.4 Å². The number of benzene rings is 9. The molecule has 0 saturated carbocycles. The zero-order valence-electron chi connectivity index (χ0n) is 37.7. The van der Waals surface area contributed by atoms with Gasteiger partial charge >= 0.3 is 0 Å². The first-order chi connectivity index (χ1) is 33.9. The zero-order valence-corrected chi connectivity index (χ0v) is 39.3. The number of fused-ring (bicyclic) bond motifs is 3. The highest BCUT2D eigenvalue weighted by Crippen LogP contribution is 2.56. The molecule has 2 N–H and O–H groups in total. The molecule has 9 aromatic rings. The van der Waals surface area contributed by atoms with Gasteiger partial charge in [0.1, 0.15) is 11.5 Å². The zero-order chi connectivity index (χ0) is 48.6. The summed E-state index contributed by atoms with van der Waals surface area (Å²) in [6, 6.07) is 65.1. The van der Waals surface area contributed by atoms with Gasteiger partial charge in [-0.05, 0) is 130 Å². The Balaban J connectivity index is 0.830. The fourth-order valence-corrected chi connectivity index (χ4v) is 10.6. The molecule has 0 radical (unpaired) electrons. The third kappa shape index (κ3) is 8.67. The van der Waals surface area contributed by atoms with Crippen molar-refractivity contribution in [3.05, 3.63) is 262 Å². The molecule has 70 heavy (non-hydrogen) atoms. The first-order valence-electron chi connectivity index (χ1n) is 22.2. The number of hydrogen-bond acceptors (Lipinski definition) is 9. The van der Waals surface area contributed by atoms with Crippen molar-refractivity contribution in [2.45, 2.75) is 29.1 Å². The molecule has 9 nitrogen and oxygen atoms in total. The Morgan fingerprint density at radius 1 is 0.514 bits per heavy atom. The first kappa shape index (κ1) is 46.0. The normalized spacial score (nSPS) is 12.5. The van der Waals surface area contributed by atoms with Gasteiger partial charge in [-0.2, -0.15) is 8.42 Å². The maximum absolute atomic E-state index is 13.9. The number of carbonyl (C=O) groups excluding carboxylic acids is 2. The standard InChI is InChI=1S/C59H42O9S2/c1-37-11-25-45(26-12-37)59(54-9-5-3-7-51(54)52-8-4-6-10-55(52)59)46-27-31-48(32-28-46)66-47-29-23-42(24-30-47)57(60)41-19-15-39(16-20-41)44-14-13-38(2)53(35-44)58(61)43-21-17-40(18-22-43)50-34-33-49(70(63,64)65)36-56(50)69-68-67-62/h3-36,62H,1-2H3,(H,63,64,65). The van der Waals surface area contributed by atoms with Crippen LogP contribution in [0.15, 0.2) is 216 Å². The highest BCUT2D eigenvalue weighted by atomic mass is 32.2. The molecular formula is C59H42O9S2. The third-order valence-corrected chi connectivity index (χ3v) is 14.4. The van der Waals surface area contributed by atoms with E-state index in [0.29, 0.717) is 56.9 Å². The lowest BCUT2D eigenvalue weighted by Gasteiger charge is -2.34. The Bertz CT molecular complexity index is 3510. The quantitative estimate of drug-likeness (QED) is 0.0356. The number of rotatable bonds is 14. The molecule has 0 bridgehead atoms. The molecule has 344 valence electrons. The summed E-state index contributed by atoms with van der Waals surface area (Å²) in [4.78, 5) is 27.4. The average Bonchev–Trinajstić information content (AvgIpc) is 3.69. The molecule has 0 amide bonds. The van der Waals surface area contributed by atoms with Gasteiger partial charge in [0.25, 0.3) is 10.1 Å². The number of ether oxygens (including phenoxy) is 1. The number of aryl methyl sites for hydroxylation is 2. The van der Waals surface area contributed by atoms with Gasteiger partial charge in [-0.15, -0.1) is 4.33 Å². The van der Waals surface area contributed by atoms with E-state index in [1.165, 1.54) is 51.6 Å². The lowest BCUT2D eigenvalue weighted by Crippen LogP contribution is -2.28. The van der Waals surface area contributed by atoms with Crippen LogP contribution in [-0.4, -0.2) is 29.8 Å². The van der Waals surface area contributed by atoms with E-state index in [0.717, 1.165) is 22.3 Å². The van der Waals surface area contributed by atoms with Crippen LogP contribution in [0.1, 0.15) is 65.2 Å². The van der Waals surface area contributed by atoms with Gasteiger partial charge in [0, 0.05) is 27.1 Å². The predicted octanol–water partition coefficient (Wildman–Crippen LogP) is 13.9. The van der Waals surface area contributed by atoms with E-state index >= 15 is 0 Å². The Morgan fingerprint density at radius 2 is 1.01 bits per heavy atom. The molecule has 0 spiro atoms. The summed E-state index contributed by atoms with van der Waals surface area (Å²) in [6.07, 6.45) is 0. The fourth-order valence-electron chi connectivity index (χ4n) is 9.42. The van der Waals surface area contributed by atoms with Crippen LogP contribution in [0.4, 0.5) is 0 Å². The topological polar surface area (TPSA) is 136 Å². The van der Waals surface area contributed by atoms with Gasteiger partial charge in [0.2, 0.25) is 0 Å². The average molecular weight is 959 g/mol. The van der Waals surface area contributed by atoms with Gasteiger partial charge in [-0.3, -0.25) is 14.1 Å². The second-order valence-electron chi connectivity index (χ2n) is 17.1. The molecular weight excluding hydrogens is 917 g/mol. The van der Waals surface area contributed by atoms with E-state index in [4.69, 9.17) is 9.99 Å². The largest absolute Gasteiger partial charge is 0.457 e. The number of carbonyl (C=O) groups is 2. The Labute approximate surface area is 409 Å². The first-order valence-corrected chi connectivity index (χ1v) is 24.4. The number of hydrogen-bond donors (Lipinski definition) is 2. The van der Waals surface area contributed by atoms with E-state index in [2.05, 4.69) is 101 Å². The van der Waals surface area contributed by atoms with Crippen LogP contribution >= 0.6 is 12.0 Å². The van der Waals surface area contributed by atoms with Crippen LogP contribution in [0.2, 0.25) is 0 Å². The summed E-state index contributed by atoms with van der Waals surface area (Å²) in [5.74, 6) is 0.934. The van der Waals surface area contributed by atoms with Crippen LogP contribution in [0.5, 0.6) is 11.5 Å². The van der Waals surface area contributed by atoms with Crippen molar-refractivity contribution in [2.24, 2.45) is 0 Å². The van der Waals surface area contributed by atoms with Gasteiger partial charge in [-0.1, -0.05) is 162 Å². The van der Waals surface area contributed by atoms with Gasteiger partial charge in [0.05, 0.1) is 22.4 Å². The summed E-state index contributed by atoms with van der Waals surface area (Å²) in [5, 5.41) is 12.4. The molecule has 0 heterocycles. The molecule has 10 rings (SSSR count). The summed E-state index contributed by atoms with van der Waals surface area (Å²) >= 11 is 0.545. The van der Waals surface area contributed by atoms with Crippen molar-refractivity contribution in [1.29, 1.82) is 0 Å². The minimum Gasteiger partial charge on any atom is -0.457 e. The molecule has 11 heteroatoms. The summed E-state index contributed by atoms with van der Waals surface area (Å²) in [5.41, 5.74) is 13.5. The van der Waals surface area contributed by atoms with Crippen molar-refractivity contribution < 1.29 is 41.9 Å². The molecule has 1 aliphatic carbocycles. The molecule has 0 aromatic heterocycles. The van der Waals surface area contributed by atoms with Crippen molar-refractivity contribution in [2.75, 3.05) is 0 Å². The second kappa shape index (κ2) is 19.0. The maximum atomic E-state index is 13.9. The Hall–Kier alpha value is -7.74. The van der Waals surface area contributed by atoms with E-state index in [-0.39, 0.29) is 21.4 Å². The molecule has 0 aliphatic heterocycles. The second-order valence-corrected chi connectivity index (χ2v) is 19.2. The fraction of sp³-hybridized carbons (Fsp3) is 0.0508. The summed E-state index contributed by atoms with van der Waals surface area (Å²) in [6.45, 7) is 3.97. The van der Waals surface area contributed by atoms with E-state index in [1.54, 1.807) is 60.7 Å². The lowest BCUT2D eigenvalue weighted by molar-refractivity contribution is -0.432. The molecule has 1 aliphatic rings.